The number of hydrogen-bond acceptors (Lipinski definition) is 2. The molecular formula is C11H9NO. The van der Waals surface area contributed by atoms with E-state index in [2.05, 4.69) is 0 Å². The molecule has 0 spiro atoms. The van der Waals surface area contributed by atoms with Crippen LogP contribution < -0.4 is 0 Å². The first-order valence-corrected chi connectivity index (χ1v) is 4.12. The monoisotopic (exact) mass is 171 g/mol. The fraction of sp³-hybridized carbons (Fsp3) is 0.182. The minimum atomic E-state index is 0.378. The molecular weight excluding hydrogens is 162 g/mol. The van der Waals surface area contributed by atoms with Gasteiger partial charge in [-0.25, -0.2) is 0 Å². The smallest absolute Gasteiger partial charge is 0.204 e. The third-order valence-corrected chi connectivity index (χ3v) is 2.32. The lowest BCUT2D eigenvalue weighted by Gasteiger charge is -1.98. The van der Waals surface area contributed by atoms with Crippen LogP contribution in [-0.2, 0) is 0 Å². The maximum Gasteiger partial charge on any atom is 0.204 e. The van der Waals surface area contributed by atoms with Crippen LogP contribution in [0.4, 0.5) is 0 Å². The van der Waals surface area contributed by atoms with Gasteiger partial charge in [-0.3, -0.25) is 0 Å². The average Bonchev–Trinajstić information content (AvgIpc) is 2.55. The molecule has 2 heteroatoms. The second-order valence-electron chi connectivity index (χ2n) is 3.15. The van der Waals surface area contributed by atoms with Crippen LogP contribution in [0.2, 0.25) is 0 Å². The predicted octanol–water partition coefficient (Wildman–Crippen LogP) is 2.92. The topological polar surface area (TPSA) is 36.9 Å². The van der Waals surface area contributed by atoms with Crippen molar-refractivity contribution in [3.63, 3.8) is 0 Å². The summed E-state index contributed by atoms with van der Waals surface area (Å²) in [6, 6.07) is 7.77. The van der Waals surface area contributed by atoms with E-state index in [1.165, 1.54) is 5.56 Å². The van der Waals surface area contributed by atoms with Gasteiger partial charge in [0.05, 0.1) is 0 Å². The summed E-state index contributed by atoms with van der Waals surface area (Å²) in [6.07, 6.45) is 0. The van der Waals surface area contributed by atoms with E-state index in [9.17, 15) is 0 Å². The molecule has 1 aromatic carbocycles. The van der Waals surface area contributed by atoms with Crippen molar-refractivity contribution in [1.29, 1.82) is 5.26 Å². The van der Waals surface area contributed by atoms with E-state index in [1.807, 2.05) is 32.0 Å². The number of hydrogen-bond donors (Lipinski definition) is 0. The SMILES string of the molecule is Cc1ccc2cc(C#N)oc2c1C. The van der Waals surface area contributed by atoms with Crippen molar-refractivity contribution >= 4 is 11.0 Å². The Hall–Kier alpha value is -1.75. The lowest BCUT2D eigenvalue weighted by atomic mass is 10.1. The zero-order valence-electron chi connectivity index (χ0n) is 7.59. The fourth-order valence-electron chi connectivity index (χ4n) is 1.40. The highest BCUT2D eigenvalue weighted by atomic mass is 16.3. The Kier molecular flexibility index (Phi) is 1.60. The number of furan rings is 1. The second-order valence-corrected chi connectivity index (χ2v) is 3.15. The molecule has 1 aromatic heterocycles. The Morgan fingerprint density at radius 3 is 2.77 bits per heavy atom. The Labute approximate surface area is 76.4 Å². The summed E-state index contributed by atoms with van der Waals surface area (Å²) in [6.45, 7) is 4.03. The van der Waals surface area contributed by atoms with Crippen molar-refractivity contribution in [3.05, 3.63) is 35.1 Å². The lowest BCUT2D eigenvalue weighted by Crippen LogP contribution is -1.78. The normalized spacial score (nSPS) is 10.2. The van der Waals surface area contributed by atoms with Gasteiger partial charge >= 0.3 is 0 Å². The van der Waals surface area contributed by atoms with Crippen LogP contribution in [0.5, 0.6) is 0 Å². The van der Waals surface area contributed by atoms with Crippen LogP contribution in [0, 0.1) is 25.2 Å². The molecule has 0 aliphatic rings. The van der Waals surface area contributed by atoms with E-state index in [1.54, 1.807) is 6.07 Å². The largest absolute Gasteiger partial charge is 0.445 e. The van der Waals surface area contributed by atoms with Crippen molar-refractivity contribution in [2.75, 3.05) is 0 Å². The first-order valence-electron chi connectivity index (χ1n) is 4.12. The van der Waals surface area contributed by atoms with Gasteiger partial charge in [-0.05, 0) is 25.0 Å². The van der Waals surface area contributed by atoms with Crippen molar-refractivity contribution in [1.82, 2.24) is 0 Å². The molecule has 1 heterocycles. The highest BCUT2D eigenvalue weighted by Crippen LogP contribution is 2.24. The van der Waals surface area contributed by atoms with Crippen LogP contribution in [0.1, 0.15) is 16.9 Å². The van der Waals surface area contributed by atoms with Gasteiger partial charge < -0.3 is 4.42 Å². The summed E-state index contributed by atoms with van der Waals surface area (Å²) in [5.74, 6) is 0.378. The Morgan fingerprint density at radius 2 is 2.08 bits per heavy atom. The Bertz CT molecular complexity index is 503. The number of aryl methyl sites for hydroxylation is 2. The highest BCUT2D eigenvalue weighted by molar-refractivity contribution is 5.82. The van der Waals surface area contributed by atoms with E-state index in [0.717, 1.165) is 16.5 Å². The summed E-state index contributed by atoms with van der Waals surface area (Å²) in [5, 5.41) is 9.65. The average molecular weight is 171 g/mol. The molecule has 13 heavy (non-hydrogen) atoms. The van der Waals surface area contributed by atoms with Gasteiger partial charge in [-0.1, -0.05) is 12.1 Å². The van der Waals surface area contributed by atoms with Gasteiger partial charge in [0.15, 0.2) is 0 Å². The number of nitrogens with zero attached hydrogens (tertiary/aromatic N) is 1. The van der Waals surface area contributed by atoms with E-state index in [0.29, 0.717) is 5.76 Å². The van der Waals surface area contributed by atoms with Crippen molar-refractivity contribution < 1.29 is 4.42 Å². The highest BCUT2D eigenvalue weighted by Gasteiger charge is 2.06. The lowest BCUT2D eigenvalue weighted by molar-refractivity contribution is 0.596. The van der Waals surface area contributed by atoms with Crippen LogP contribution in [0.25, 0.3) is 11.0 Å². The molecule has 0 radical (unpaired) electrons. The number of nitriles is 1. The molecule has 2 aromatic rings. The zero-order chi connectivity index (χ0) is 9.42. The van der Waals surface area contributed by atoms with Gasteiger partial charge in [0, 0.05) is 11.5 Å². The van der Waals surface area contributed by atoms with Crippen molar-refractivity contribution in [2.24, 2.45) is 0 Å². The predicted molar refractivity (Wildman–Crippen MR) is 50.4 cm³/mol. The molecule has 2 nitrogen and oxygen atoms in total. The molecule has 64 valence electrons. The maximum absolute atomic E-state index is 8.66. The standard InChI is InChI=1S/C11H9NO/c1-7-3-4-9-5-10(6-12)13-11(9)8(7)2/h3-5H,1-2H3. The molecule has 0 atom stereocenters. The molecule has 0 fully saturated rings. The van der Waals surface area contributed by atoms with E-state index in [-0.39, 0.29) is 0 Å². The van der Waals surface area contributed by atoms with E-state index in [4.69, 9.17) is 9.68 Å². The molecule has 0 saturated carbocycles. The summed E-state index contributed by atoms with van der Waals surface area (Å²) >= 11 is 0. The number of rotatable bonds is 0. The molecule has 0 unspecified atom stereocenters. The molecule has 2 rings (SSSR count). The van der Waals surface area contributed by atoms with Gasteiger partial charge in [0.25, 0.3) is 0 Å². The molecule has 0 aliphatic heterocycles. The molecule has 0 bridgehead atoms. The van der Waals surface area contributed by atoms with Crippen molar-refractivity contribution in [3.8, 4) is 6.07 Å². The minimum Gasteiger partial charge on any atom is -0.445 e. The van der Waals surface area contributed by atoms with Crippen LogP contribution in [0.3, 0.4) is 0 Å². The quantitative estimate of drug-likeness (QED) is 0.611. The van der Waals surface area contributed by atoms with Crippen molar-refractivity contribution in [2.45, 2.75) is 13.8 Å². The van der Waals surface area contributed by atoms with Crippen LogP contribution in [-0.4, -0.2) is 0 Å². The minimum absolute atomic E-state index is 0.378. The summed E-state index contributed by atoms with van der Waals surface area (Å²) in [5.41, 5.74) is 3.13. The van der Waals surface area contributed by atoms with E-state index < -0.39 is 0 Å². The van der Waals surface area contributed by atoms with Gasteiger partial charge in [-0.15, -0.1) is 0 Å². The summed E-state index contributed by atoms with van der Waals surface area (Å²) in [4.78, 5) is 0. The fourth-order valence-corrected chi connectivity index (χ4v) is 1.40. The zero-order valence-corrected chi connectivity index (χ0v) is 7.59. The van der Waals surface area contributed by atoms with Gasteiger partial charge in [0.1, 0.15) is 11.7 Å². The van der Waals surface area contributed by atoms with Crippen LogP contribution >= 0.6 is 0 Å². The van der Waals surface area contributed by atoms with Crippen LogP contribution in [0.15, 0.2) is 22.6 Å². The first-order chi connectivity index (χ1) is 6.22. The van der Waals surface area contributed by atoms with Gasteiger partial charge in [0.2, 0.25) is 5.76 Å². The number of fused-ring (bicyclic) bond motifs is 1. The van der Waals surface area contributed by atoms with Gasteiger partial charge in [-0.2, -0.15) is 5.26 Å². The van der Waals surface area contributed by atoms with E-state index >= 15 is 0 Å². The second kappa shape index (κ2) is 2.63. The molecule has 0 saturated heterocycles. The Balaban J connectivity index is 2.86. The third-order valence-electron chi connectivity index (χ3n) is 2.32. The maximum atomic E-state index is 8.66. The number of benzene rings is 1. The summed E-state index contributed by atoms with van der Waals surface area (Å²) in [7, 11) is 0. The molecule has 0 amide bonds. The first kappa shape index (κ1) is 7.88. The molecule has 0 aliphatic carbocycles. The summed E-state index contributed by atoms with van der Waals surface area (Å²) < 4.78 is 5.37. The Morgan fingerprint density at radius 1 is 1.31 bits per heavy atom. The molecule has 0 N–H and O–H groups in total. The third kappa shape index (κ3) is 1.09.